The van der Waals surface area contributed by atoms with Crippen molar-refractivity contribution in [2.45, 2.75) is 39.0 Å². The number of nitrogens with zero attached hydrogens (tertiary/aromatic N) is 3. The molecule has 1 aliphatic carbocycles. The number of carbonyl (C=O) groups excluding carboxylic acids is 1. The lowest BCUT2D eigenvalue weighted by molar-refractivity contribution is -0.122. The largest absolute Gasteiger partial charge is 0.369 e. The Hall–Kier alpha value is -1.77. The summed E-state index contributed by atoms with van der Waals surface area (Å²) in [6.45, 7) is 7.41. The summed E-state index contributed by atoms with van der Waals surface area (Å²) in [5.41, 5.74) is 7.70. The highest BCUT2D eigenvalue weighted by atomic mass is 35.5. The molecule has 1 heterocycles. The summed E-state index contributed by atoms with van der Waals surface area (Å²) in [7, 11) is 0. The molecular weight excluding hydrogens is 372 g/mol. The van der Waals surface area contributed by atoms with E-state index in [0.29, 0.717) is 5.92 Å². The van der Waals surface area contributed by atoms with E-state index in [4.69, 9.17) is 22.6 Å². The predicted molar refractivity (Wildman–Crippen MR) is 113 cm³/mol. The number of nitriles is 1. The van der Waals surface area contributed by atoms with Crippen molar-refractivity contribution < 1.29 is 4.79 Å². The van der Waals surface area contributed by atoms with E-state index < -0.39 is 11.8 Å². The molecule has 1 saturated heterocycles. The van der Waals surface area contributed by atoms with Gasteiger partial charge in [-0.1, -0.05) is 30.5 Å². The molecule has 2 N–H and O–H groups in total. The van der Waals surface area contributed by atoms with E-state index in [1.807, 2.05) is 6.92 Å². The van der Waals surface area contributed by atoms with E-state index in [-0.39, 0.29) is 5.92 Å². The highest BCUT2D eigenvalue weighted by Gasteiger charge is 2.31. The molecule has 0 bridgehead atoms. The maximum absolute atomic E-state index is 11.4. The third kappa shape index (κ3) is 5.18. The molecule has 1 atom stereocenters. The number of hydrogen-bond acceptors (Lipinski definition) is 4. The fraction of sp³-hybridized carbons (Fsp3) is 0.636. The SMILES string of the molecule is Cc1ccc(N2CCN(CCC3CCC(C(C#N)C(N)=O)CC3)CC2)cc1Cl. The van der Waals surface area contributed by atoms with Crippen LogP contribution >= 0.6 is 11.6 Å². The summed E-state index contributed by atoms with van der Waals surface area (Å²) in [5, 5.41) is 9.99. The zero-order valence-corrected chi connectivity index (χ0v) is 17.5. The van der Waals surface area contributed by atoms with Gasteiger partial charge in [-0.25, -0.2) is 0 Å². The Morgan fingerprint density at radius 2 is 1.93 bits per heavy atom. The van der Waals surface area contributed by atoms with Crippen molar-refractivity contribution in [3.05, 3.63) is 28.8 Å². The second-order valence-corrected chi connectivity index (χ2v) is 8.75. The van der Waals surface area contributed by atoms with Crippen molar-refractivity contribution in [3.63, 3.8) is 0 Å². The minimum absolute atomic E-state index is 0.156. The van der Waals surface area contributed by atoms with E-state index in [1.54, 1.807) is 0 Å². The summed E-state index contributed by atoms with van der Waals surface area (Å²) in [5.74, 6) is -0.205. The second kappa shape index (κ2) is 9.62. The minimum Gasteiger partial charge on any atom is -0.369 e. The van der Waals surface area contributed by atoms with E-state index in [0.717, 1.165) is 69.0 Å². The monoisotopic (exact) mass is 402 g/mol. The van der Waals surface area contributed by atoms with Crippen LogP contribution in [0.2, 0.25) is 5.02 Å². The number of rotatable bonds is 6. The molecule has 0 aromatic heterocycles. The van der Waals surface area contributed by atoms with E-state index >= 15 is 0 Å². The van der Waals surface area contributed by atoms with Gasteiger partial charge >= 0.3 is 0 Å². The minimum atomic E-state index is -0.607. The Bertz CT molecular complexity index is 716. The number of carbonyl (C=O) groups is 1. The van der Waals surface area contributed by atoms with Crippen LogP contribution in [0.4, 0.5) is 5.69 Å². The Balaban J connectivity index is 1.39. The number of nitrogens with two attached hydrogens (primary N) is 1. The van der Waals surface area contributed by atoms with Gasteiger partial charge in [0.05, 0.1) is 6.07 Å². The van der Waals surface area contributed by atoms with Crippen molar-refractivity contribution in [1.82, 2.24) is 4.90 Å². The standard InChI is InChI=1S/C22H31ClN4O/c1-16-2-7-19(14-21(16)23)27-12-10-26(11-13-27)9-8-17-3-5-18(6-4-17)20(15-24)22(25)28/h2,7,14,17-18,20H,3-6,8-13H2,1H3,(H2,25,28). The molecule has 2 aliphatic rings. The van der Waals surface area contributed by atoms with Crippen LogP contribution in [0.5, 0.6) is 0 Å². The molecule has 3 rings (SSSR count). The van der Waals surface area contributed by atoms with Crippen LogP contribution in [0.1, 0.15) is 37.7 Å². The number of aryl methyl sites for hydroxylation is 1. The molecule has 152 valence electrons. The van der Waals surface area contributed by atoms with Gasteiger partial charge in [-0.3, -0.25) is 9.69 Å². The Morgan fingerprint density at radius 1 is 1.25 bits per heavy atom. The van der Waals surface area contributed by atoms with Crippen LogP contribution in [0.25, 0.3) is 0 Å². The summed E-state index contributed by atoms with van der Waals surface area (Å²) < 4.78 is 0. The number of anilines is 1. The molecule has 1 aromatic rings. The Kier molecular flexibility index (Phi) is 7.20. The summed E-state index contributed by atoms with van der Waals surface area (Å²) in [4.78, 5) is 16.4. The van der Waals surface area contributed by atoms with Crippen LogP contribution in [-0.2, 0) is 4.79 Å². The zero-order chi connectivity index (χ0) is 20.1. The normalized spacial score (nSPS) is 24.5. The second-order valence-electron chi connectivity index (χ2n) is 8.34. The van der Waals surface area contributed by atoms with Gasteiger partial charge in [0.25, 0.3) is 0 Å². The van der Waals surface area contributed by atoms with Crippen molar-refractivity contribution in [3.8, 4) is 6.07 Å². The molecule has 5 nitrogen and oxygen atoms in total. The number of piperazine rings is 1. The fourth-order valence-electron chi connectivity index (χ4n) is 4.58. The highest BCUT2D eigenvalue weighted by Crippen LogP contribution is 2.35. The third-order valence-electron chi connectivity index (χ3n) is 6.55. The lowest BCUT2D eigenvalue weighted by atomic mass is 9.75. The number of hydrogen-bond donors (Lipinski definition) is 1. The first-order valence-electron chi connectivity index (χ1n) is 10.4. The predicted octanol–water partition coefficient (Wildman–Crippen LogP) is 3.59. The average Bonchev–Trinajstić information content (AvgIpc) is 2.70. The van der Waals surface area contributed by atoms with Crippen LogP contribution in [0.15, 0.2) is 18.2 Å². The molecule has 0 radical (unpaired) electrons. The summed E-state index contributed by atoms with van der Waals surface area (Å²) in [6, 6.07) is 8.43. The molecule has 2 fully saturated rings. The fourth-order valence-corrected chi connectivity index (χ4v) is 4.76. The quantitative estimate of drug-likeness (QED) is 0.789. The number of halogens is 1. The van der Waals surface area contributed by atoms with Gasteiger partial charge in [-0.15, -0.1) is 0 Å². The maximum atomic E-state index is 11.4. The maximum Gasteiger partial charge on any atom is 0.235 e. The lowest BCUT2D eigenvalue weighted by Crippen LogP contribution is -2.47. The molecule has 0 spiro atoms. The number of amides is 1. The molecule has 1 amide bonds. The van der Waals surface area contributed by atoms with Crippen LogP contribution in [0.3, 0.4) is 0 Å². The lowest BCUT2D eigenvalue weighted by Gasteiger charge is -2.37. The van der Waals surface area contributed by atoms with Crippen molar-refractivity contribution in [2.75, 3.05) is 37.6 Å². The Labute approximate surface area is 173 Å². The van der Waals surface area contributed by atoms with E-state index in [2.05, 4.69) is 34.1 Å². The summed E-state index contributed by atoms with van der Waals surface area (Å²) in [6.07, 6.45) is 5.33. The average molecular weight is 403 g/mol. The highest BCUT2D eigenvalue weighted by molar-refractivity contribution is 6.31. The number of benzene rings is 1. The molecule has 6 heteroatoms. The Morgan fingerprint density at radius 3 is 2.50 bits per heavy atom. The molecular formula is C22H31ClN4O. The van der Waals surface area contributed by atoms with Gasteiger partial charge in [0.2, 0.25) is 5.91 Å². The molecule has 1 aromatic carbocycles. The summed E-state index contributed by atoms with van der Waals surface area (Å²) >= 11 is 6.27. The molecule has 1 aliphatic heterocycles. The van der Waals surface area contributed by atoms with Crippen molar-refractivity contribution in [1.29, 1.82) is 5.26 Å². The van der Waals surface area contributed by atoms with Gasteiger partial charge < -0.3 is 10.6 Å². The molecule has 28 heavy (non-hydrogen) atoms. The van der Waals surface area contributed by atoms with Gasteiger partial charge in [0.1, 0.15) is 5.92 Å². The van der Waals surface area contributed by atoms with Crippen LogP contribution in [-0.4, -0.2) is 43.5 Å². The third-order valence-corrected chi connectivity index (χ3v) is 6.96. The zero-order valence-electron chi connectivity index (χ0n) is 16.7. The van der Waals surface area contributed by atoms with Gasteiger partial charge in [0.15, 0.2) is 0 Å². The van der Waals surface area contributed by atoms with Crippen molar-refractivity contribution >= 4 is 23.2 Å². The molecule has 1 unspecified atom stereocenters. The van der Waals surface area contributed by atoms with E-state index in [1.165, 1.54) is 12.1 Å². The first-order chi connectivity index (χ1) is 13.5. The first-order valence-corrected chi connectivity index (χ1v) is 10.8. The number of primary amides is 1. The topological polar surface area (TPSA) is 73.4 Å². The van der Waals surface area contributed by atoms with Crippen molar-refractivity contribution in [2.24, 2.45) is 23.5 Å². The van der Waals surface area contributed by atoms with E-state index in [9.17, 15) is 4.79 Å². The smallest absolute Gasteiger partial charge is 0.235 e. The van der Waals surface area contributed by atoms with Crippen LogP contribution in [0, 0.1) is 36.0 Å². The van der Waals surface area contributed by atoms with Crippen LogP contribution < -0.4 is 10.6 Å². The van der Waals surface area contributed by atoms with Gasteiger partial charge in [-0.05, 0) is 62.3 Å². The molecule has 1 saturated carbocycles. The van der Waals surface area contributed by atoms with Gasteiger partial charge in [-0.2, -0.15) is 5.26 Å². The first kappa shape index (κ1) is 21.0. The van der Waals surface area contributed by atoms with Gasteiger partial charge in [0, 0.05) is 36.9 Å².